The summed E-state index contributed by atoms with van der Waals surface area (Å²) in [7, 11) is 0. The molecule has 0 spiro atoms. The van der Waals surface area contributed by atoms with Crippen molar-refractivity contribution in [1.82, 2.24) is 10.5 Å². The Bertz CT molecular complexity index is 942. The fourth-order valence-electron chi connectivity index (χ4n) is 2.84. The van der Waals surface area contributed by atoms with Crippen molar-refractivity contribution in [2.24, 2.45) is 5.73 Å². The van der Waals surface area contributed by atoms with Crippen LogP contribution in [0.5, 0.6) is 0 Å². The van der Waals surface area contributed by atoms with Crippen molar-refractivity contribution in [3.05, 3.63) is 64.3 Å². The summed E-state index contributed by atoms with van der Waals surface area (Å²) in [5.74, 6) is -0.617. The van der Waals surface area contributed by atoms with Crippen LogP contribution in [0.25, 0.3) is 11.0 Å². The van der Waals surface area contributed by atoms with E-state index in [4.69, 9.17) is 10.3 Å². The van der Waals surface area contributed by atoms with Gasteiger partial charge in [-0.05, 0) is 48.7 Å². The van der Waals surface area contributed by atoms with Crippen LogP contribution >= 0.6 is 0 Å². The number of nitrogens with zero attached hydrogens (tertiary/aromatic N) is 1. The van der Waals surface area contributed by atoms with Crippen molar-refractivity contribution in [2.75, 3.05) is 0 Å². The summed E-state index contributed by atoms with van der Waals surface area (Å²) in [4.78, 5) is 23.3. The highest BCUT2D eigenvalue weighted by molar-refractivity contribution is 5.92. The summed E-state index contributed by atoms with van der Waals surface area (Å²) in [5.41, 5.74) is 10.00. The second kappa shape index (κ2) is 6.76. The third kappa shape index (κ3) is 3.68. The lowest BCUT2D eigenvalue weighted by Gasteiger charge is -2.05. The van der Waals surface area contributed by atoms with Crippen molar-refractivity contribution in [1.29, 1.82) is 0 Å². The Kier molecular flexibility index (Phi) is 4.52. The number of nitrogens with one attached hydrogen (secondary N) is 1. The molecule has 3 rings (SSSR count). The maximum absolute atomic E-state index is 12.2. The second-order valence-electron chi connectivity index (χ2n) is 6.10. The van der Waals surface area contributed by atoms with Crippen LogP contribution in [0.1, 0.15) is 32.7 Å². The summed E-state index contributed by atoms with van der Waals surface area (Å²) >= 11 is 0. The van der Waals surface area contributed by atoms with Gasteiger partial charge in [-0.2, -0.15) is 0 Å². The van der Waals surface area contributed by atoms with E-state index in [1.807, 2.05) is 26.0 Å². The highest BCUT2D eigenvalue weighted by atomic mass is 16.5. The molecule has 0 aliphatic carbocycles. The molecular weight excluding hydrogens is 318 g/mol. The van der Waals surface area contributed by atoms with E-state index in [0.717, 1.165) is 22.1 Å². The van der Waals surface area contributed by atoms with Gasteiger partial charge in [-0.3, -0.25) is 9.59 Å². The van der Waals surface area contributed by atoms with Gasteiger partial charge in [-0.1, -0.05) is 23.4 Å². The molecule has 0 saturated carbocycles. The maximum atomic E-state index is 12.2. The molecule has 2 aromatic carbocycles. The third-order valence-electron chi connectivity index (χ3n) is 4.04. The number of aryl methyl sites for hydroxylation is 2. The van der Waals surface area contributed by atoms with Crippen LogP contribution in [-0.4, -0.2) is 17.0 Å². The zero-order valence-electron chi connectivity index (χ0n) is 14.1. The molecule has 6 heteroatoms. The van der Waals surface area contributed by atoms with Crippen LogP contribution in [0.3, 0.4) is 0 Å². The van der Waals surface area contributed by atoms with E-state index in [1.54, 1.807) is 24.3 Å². The van der Waals surface area contributed by atoms with Crippen LogP contribution in [-0.2, 0) is 17.8 Å². The van der Waals surface area contributed by atoms with E-state index < -0.39 is 5.91 Å². The first-order valence-corrected chi connectivity index (χ1v) is 7.95. The van der Waals surface area contributed by atoms with Gasteiger partial charge in [-0.15, -0.1) is 0 Å². The number of aromatic nitrogens is 1. The van der Waals surface area contributed by atoms with Gasteiger partial charge >= 0.3 is 0 Å². The normalized spacial score (nSPS) is 10.8. The van der Waals surface area contributed by atoms with Crippen LogP contribution in [0.4, 0.5) is 0 Å². The Hall–Kier alpha value is -3.15. The standard InChI is InChI=1S/C19H19N3O3/c1-11-7-12(2)18-15(22-25-16(18)8-11)9-17(23)21-10-13-3-5-14(6-4-13)19(20)24/h3-8H,9-10H2,1-2H3,(H2,20,24)(H,21,23). The lowest BCUT2D eigenvalue weighted by molar-refractivity contribution is -0.120. The largest absolute Gasteiger partial charge is 0.366 e. The topological polar surface area (TPSA) is 98.2 Å². The van der Waals surface area contributed by atoms with E-state index in [0.29, 0.717) is 23.4 Å². The predicted molar refractivity (Wildman–Crippen MR) is 94.0 cm³/mol. The van der Waals surface area contributed by atoms with Gasteiger partial charge < -0.3 is 15.6 Å². The summed E-state index contributed by atoms with van der Waals surface area (Å²) in [6, 6.07) is 10.8. The molecule has 0 unspecified atom stereocenters. The van der Waals surface area contributed by atoms with Crippen LogP contribution in [0.15, 0.2) is 40.9 Å². The zero-order chi connectivity index (χ0) is 18.0. The number of hydrogen-bond donors (Lipinski definition) is 2. The zero-order valence-corrected chi connectivity index (χ0v) is 14.1. The van der Waals surface area contributed by atoms with Crippen molar-refractivity contribution >= 4 is 22.8 Å². The van der Waals surface area contributed by atoms with Crippen LogP contribution < -0.4 is 11.1 Å². The first kappa shape index (κ1) is 16.7. The lowest BCUT2D eigenvalue weighted by atomic mass is 10.0. The molecule has 0 radical (unpaired) electrons. The highest BCUT2D eigenvalue weighted by Crippen LogP contribution is 2.24. The van der Waals surface area contributed by atoms with E-state index in [9.17, 15) is 9.59 Å². The van der Waals surface area contributed by atoms with Gasteiger partial charge in [-0.25, -0.2) is 0 Å². The van der Waals surface area contributed by atoms with E-state index in [-0.39, 0.29) is 12.3 Å². The number of hydrogen-bond acceptors (Lipinski definition) is 4. The Labute approximate surface area is 145 Å². The number of carbonyl (C=O) groups excluding carboxylic acids is 2. The molecule has 128 valence electrons. The summed E-state index contributed by atoms with van der Waals surface area (Å²) in [6.45, 7) is 4.34. The first-order chi connectivity index (χ1) is 11.9. The lowest BCUT2D eigenvalue weighted by Crippen LogP contribution is -2.24. The number of rotatable bonds is 5. The van der Waals surface area contributed by atoms with Gasteiger partial charge in [0.25, 0.3) is 0 Å². The summed E-state index contributed by atoms with van der Waals surface area (Å²) < 4.78 is 5.34. The number of primary amides is 1. The maximum Gasteiger partial charge on any atom is 0.248 e. The Morgan fingerprint density at radius 3 is 2.56 bits per heavy atom. The van der Waals surface area contributed by atoms with Gasteiger partial charge in [0.1, 0.15) is 5.69 Å². The molecule has 0 aliphatic heterocycles. The van der Waals surface area contributed by atoms with Crippen molar-refractivity contribution in [2.45, 2.75) is 26.8 Å². The fourth-order valence-corrected chi connectivity index (χ4v) is 2.84. The minimum atomic E-state index is -0.473. The van der Waals surface area contributed by atoms with E-state index in [1.165, 1.54) is 0 Å². The number of fused-ring (bicyclic) bond motifs is 1. The van der Waals surface area contributed by atoms with Crippen molar-refractivity contribution in [3.63, 3.8) is 0 Å². The molecule has 2 amide bonds. The van der Waals surface area contributed by atoms with E-state index in [2.05, 4.69) is 10.5 Å². The SMILES string of the molecule is Cc1cc(C)c2c(CC(=O)NCc3ccc(C(N)=O)cc3)noc2c1. The monoisotopic (exact) mass is 337 g/mol. The van der Waals surface area contributed by atoms with Gasteiger partial charge in [0.2, 0.25) is 11.8 Å². The molecule has 1 aromatic heterocycles. The highest BCUT2D eigenvalue weighted by Gasteiger charge is 2.14. The van der Waals surface area contributed by atoms with Crippen LogP contribution in [0, 0.1) is 13.8 Å². The molecule has 0 bridgehead atoms. The molecule has 0 fully saturated rings. The van der Waals surface area contributed by atoms with E-state index >= 15 is 0 Å². The van der Waals surface area contributed by atoms with Crippen LogP contribution in [0.2, 0.25) is 0 Å². The average molecular weight is 337 g/mol. The number of carbonyl (C=O) groups is 2. The molecule has 1 heterocycles. The number of amides is 2. The molecule has 0 saturated heterocycles. The molecule has 0 atom stereocenters. The van der Waals surface area contributed by atoms with Gasteiger partial charge in [0, 0.05) is 17.5 Å². The smallest absolute Gasteiger partial charge is 0.248 e. The summed E-state index contributed by atoms with van der Waals surface area (Å²) in [6.07, 6.45) is 0.149. The molecule has 25 heavy (non-hydrogen) atoms. The molecule has 3 aromatic rings. The average Bonchev–Trinajstić information content (AvgIpc) is 2.96. The Morgan fingerprint density at radius 1 is 1.16 bits per heavy atom. The Morgan fingerprint density at radius 2 is 1.88 bits per heavy atom. The quantitative estimate of drug-likeness (QED) is 0.747. The molecule has 0 aliphatic rings. The molecule has 6 nitrogen and oxygen atoms in total. The van der Waals surface area contributed by atoms with Crippen molar-refractivity contribution in [3.8, 4) is 0 Å². The number of benzene rings is 2. The Balaban J connectivity index is 1.66. The predicted octanol–water partition coefficient (Wildman–Crippen LogP) is 2.40. The van der Waals surface area contributed by atoms with Gasteiger partial charge in [0.05, 0.1) is 6.42 Å². The summed E-state index contributed by atoms with van der Waals surface area (Å²) in [5, 5.41) is 7.78. The molecule has 3 N–H and O–H groups in total. The minimum Gasteiger partial charge on any atom is -0.366 e. The van der Waals surface area contributed by atoms with Crippen molar-refractivity contribution < 1.29 is 14.1 Å². The third-order valence-corrected chi connectivity index (χ3v) is 4.04. The first-order valence-electron chi connectivity index (χ1n) is 7.95. The minimum absolute atomic E-state index is 0.144. The molecular formula is C19H19N3O3. The number of nitrogens with two attached hydrogens (primary N) is 1. The fraction of sp³-hybridized carbons (Fsp3) is 0.211. The second-order valence-corrected chi connectivity index (χ2v) is 6.10. The van der Waals surface area contributed by atoms with Gasteiger partial charge in [0.15, 0.2) is 5.58 Å².